The van der Waals surface area contributed by atoms with Crippen molar-refractivity contribution in [2.24, 2.45) is 5.92 Å². The highest BCUT2D eigenvalue weighted by molar-refractivity contribution is 7.99. The van der Waals surface area contributed by atoms with Crippen LogP contribution in [0.3, 0.4) is 0 Å². The number of nitrogens with one attached hydrogen (secondary N) is 1. The van der Waals surface area contributed by atoms with E-state index < -0.39 is 6.04 Å². The van der Waals surface area contributed by atoms with Crippen LogP contribution in [-0.4, -0.2) is 45.4 Å². The van der Waals surface area contributed by atoms with E-state index in [-0.39, 0.29) is 23.4 Å². The number of hydrogen-bond donors (Lipinski definition) is 1. The summed E-state index contributed by atoms with van der Waals surface area (Å²) in [4.78, 5) is 24.3. The number of amides is 1. The lowest BCUT2D eigenvalue weighted by Crippen LogP contribution is -2.44. The van der Waals surface area contributed by atoms with Crippen molar-refractivity contribution >= 4 is 23.5 Å². The molecule has 0 aliphatic carbocycles. The fourth-order valence-electron chi connectivity index (χ4n) is 3.18. The number of methoxy groups -OCH3 is 1. The number of carbonyl (C=O) groups is 2. The number of rotatable bonds is 9. The zero-order valence-corrected chi connectivity index (χ0v) is 18.8. The van der Waals surface area contributed by atoms with Gasteiger partial charge in [0.1, 0.15) is 5.75 Å². The molecule has 1 unspecified atom stereocenters. The standard InChI is InChI=1S/C23H26N4O3S/c1-15(2)21(16(3)28)24-20(29)14-31-23-26-25-22(17-10-12-19(30-4)13-11-17)27(23)18-8-6-5-7-9-18/h5-13,15,21H,14H2,1-4H3,(H,24,29). The smallest absolute Gasteiger partial charge is 0.231 e. The highest BCUT2D eigenvalue weighted by Gasteiger charge is 2.22. The molecule has 1 atom stereocenters. The van der Waals surface area contributed by atoms with Crippen molar-refractivity contribution < 1.29 is 14.3 Å². The van der Waals surface area contributed by atoms with Gasteiger partial charge in [0.2, 0.25) is 5.91 Å². The maximum absolute atomic E-state index is 12.5. The summed E-state index contributed by atoms with van der Waals surface area (Å²) in [7, 11) is 1.62. The average molecular weight is 439 g/mol. The molecule has 0 bridgehead atoms. The van der Waals surface area contributed by atoms with Gasteiger partial charge >= 0.3 is 0 Å². The number of thioether (sulfide) groups is 1. The first kappa shape index (κ1) is 22.6. The molecule has 0 aliphatic rings. The SMILES string of the molecule is COc1ccc(-c2nnc(SCC(=O)NC(C(C)=O)C(C)C)n2-c2ccccc2)cc1. The molecule has 0 fully saturated rings. The van der Waals surface area contributed by atoms with Crippen LogP contribution in [0.1, 0.15) is 20.8 Å². The number of nitrogens with zero attached hydrogens (tertiary/aromatic N) is 3. The third-order valence-corrected chi connectivity index (χ3v) is 5.68. The van der Waals surface area contributed by atoms with E-state index in [0.29, 0.717) is 11.0 Å². The number of carbonyl (C=O) groups excluding carboxylic acids is 2. The van der Waals surface area contributed by atoms with Gasteiger partial charge in [0.15, 0.2) is 16.8 Å². The lowest BCUT2D eigenvalue weighted by Gasteiger charge is -2.19. The van der Waals surface area contributed by atoms with Gasteiger partial charge in [-0.2, -0.15) is 0 Å². The largest absolute Gasteiger partial charge is 0.497 e. The van der Waals surface area contributed by atoms with Crippen molar-refractivity contribution in [2.75, 3.05) is 12.9 Å². The Labute approximate surface area is 186 Å². The molecule has 0 radical (unpaired) electrons. The molecule has 1 aromatic heterocycles. The van der Waals surface area contributed by atoms with Crippen LogP contribution in [0, 0.1) is 5.92 Å². The second-order valence-electron chi connectivity index (χ2n) is 7.39. The summed E-state index contributed by atoms with van der Waals surface area (Å²) in [5, 5.41) is 12.1. The van der Waals surface area contributed by atoms with Gasteiger partial charge in [0.25, 0.3) is 0 Å². The molecule has 162 valence electrons. The van der Waals surface area contributed by atoms with Gasteiger partial charge in [-0.15, -0.1) is 10.2 Å². The van der Waals surface area contributed by atoms with Gasteiger partial charge < -0.3 is 10.1 Å². The molecule has 1 N–H and O–H groups in total. The van der Waals surface area contributed by atoms with Crippen LogP contribution in [0.5, 0.6) is 5.75 Å². The lowest BCUT2D eigenvalue weighted by molar-refractivity contribution is -0.126. The average Bonchev–Trinajstić information content (AvgIpc) is 3.20. The van der Waals surface area contributed by atoms with Crippen molar-refractivity contribution in [2.45, 2.75) is 32.0 Å². The molecule has 0 spiro atoms. The predicted molar refractivity (Wildman–Crippen MR) is 122 cm³/mol. The van der Waals surface area contributed by atoms with E-state index in [2.05, 4.69) is 15.5 Å². The molecule has 3 rings (SSSR count). The topological polar surface area (TPSA) is 86.1 Å². The highest BCUT2D eigenvalue weighted by atomic mass is 32.2. The first-order valence-electron chi connectivity index (χ1n) is 9.98. The molecule has 0 saturated heterocycles. The summed E-state index contributed by atoms with van der Waals surface area (Å²) in [6.45, 7) is 5.31. The summed E-state index contributed by atoms with van der Waals surface area (Å²) in [5.74, 6) is 1.31. The van der Waals surface area contributed by atoms with Crippen molar-refractivity contribution in [1.29, 1.82) is 0 Å². The van der Waals surface area contributed by atoms with Crippen LogP contribution in [0.15, 0.2) is 59.8 Å². The number of ether oxygens (including phenoxy) is 1. The zero-order valence-electron chi connectivity index (χ0n) is 18.0. The Kier molecular flexibility index (Phi) is 7.46. The normalized spacial score (nSPS) is 11.9. The monoisotopic (exact) mass is 438 g/mol. The number of hydrogen-bond acceptors (Lipinski definition) is 6. The minimum Gasteiger partial charge on any atom is -0.497 e. The van der Waals surface area contributed by atoms with Gasteiger partial charge in [-0.3, -0.25) is 14.2 Å². The number of aromatic nitrogens is 3. The third kappa shape index (κ3) is 5.52. The fraction of sp³-hybridized carbons (Fsp3) is 0.304. The number of para-hydroxylation sites is 1. The molecule has 31 heavy (non-hydrogen) atoms. The van der Waals surface area contributed by atoms with E-state index in [1.807, 2.05) is 73.0 Å². The minimum atomic E-state index is -0.491. The Morgan fingerprint density at radius 2 is 1.74 bits per heavy atom. The zero-order chi connectivity index (χ0) is 22.4. The van der Waals surface area contributed by atoms with Gasteiger partial charge in [-0.05, 0) is 49.2 Å². The summed E-state index contributed by atoms with van der Waals surface area (Å²) in [6, 6.07) is 16.8. The van der Waals surface area contributed by atoms with E-state index >= 15 is 0 Å². The molecule has 1 amide bonds. The Morgan fingerprint density at radius 3 is 2.32 bits per heavy atom. The van der Waals surface area contributed by atoms with Gasteiger partial charge in [-0.25, -0.2) is 0 Å². The Balaban J connectivity index is 1.86. The minimum absolute atomic E-state index is 0.0288. The lowest BCUT2D eigenvalue weighted by atomic mass is 10.0. The Morgan fingerprint density at radius 1 is 1.06 bits per heavy atom. The van der Waals surface area contributed by atoms with Crippen LogP contribution in [0.4, 0.5) is 0 Å². The van der Waals surface area contributed by atoms with Crippen LogP contribution in [-0.2, 0) is 9.59 Å². The maximum Gasteiger partial charge on any atom is 0.231 e. The molecular formula is C23H26N4O3S. The quantitative estimate of drug-likeness (QED) is 0.512. The van der Waals surface area contributed by atoms with Gasteiger partial charge in [0, 0.05) is 11.3 Å². The molecule has 7 nitrogen and oxygen atoms in total. The molecule has 0 saturated carbocycles. The van der Waals surface area contributed by atoms with Crippen LogP contribution in [0.2, 0.25) is 0 Å². The predicted octanol–water partition coefficient (Wildman–Crippen LogP) is 3.76. The summed E-state index contributed by atoms with van der Waals surface area (Å²) < 4.78 is 7.16. The van der Waals surface area contributed by atoms with Crippen molar-refractivity contribution in [3.05, 3.63) is 54.6 Å². The van der Waals surface area contributed by atoms with E-state index in [4.69, 9.17) is 4.74 Å². The first-order chi connectivity index (χ1) is 14.9. The number of Topliss-reactive ketones (excluding diaryl/α,β-unsaturated/α-hetero) is 1. The molecular weight excluding hydrogens is 412 g/mol. The van der Waals surface area contributed by atoms with Crippen LogP contribution < -0.4 is 10.1 Å². The summed E-state index contributed by atoms with van der Waals surface area (Å²) in [5.41, 5.74) is 1.77. The fourth-order valence-corrected chi connectivity index (χ4v) is 3.95. The van der Waals surface area contributed by atoms with Crippen molar-refractivity contribution in [3.63, 3.8) is 0 Å². The van der Waals surface area contributed by atoms with E-state index in [9.17, 15) is 9.59 Å². The van der Waals surface area contributed by atoms with E-state index in [1.54, 1.807) is 7.11 Å². The molecule has 2 aromatic carbocycles. The van der Waals surface area contributed by atoms with E-state index in [1.165, 1.54) is 18.7 Å². The molecule has 0 aliphatic heterocycles. The third-order valence-electron chi connectivity index (χ3n) is 4.75. The van der Waals surface area contributed by atoms with Crippen LogP contribution >= 0.6 is 11.8 Å². The Hall–Kier alpha value is -3.13. The van der Waals surface area contributed by atoms with E-state index in [0.717, 1.165) is 17.0 Å². The highest BCUT2D eigenvalue weighted by Crippen LogP contribution is 2.29. The molecule has 8 heteroatoms. The maximum atomic E-state index is 12.5. The van der Waals surface area contributed by atoms with Crippen molar-refractivity contribution in [1.82, 2.24) is 20.1 Å². The second kappa shape index (κ2) is 10.3. The first-order valence-corrected chi connectivity index (χ1v) is 11.0. The second-order valence-corrected chi connectivity index (χ2v) is 8.34. The van der Waals surface area contributed by atoms with Crippen molar-refractivity contribution in [3.8, 4) is 22.8 Å². The summed E-state index contributed by atoms with van der Waals surface area (Å²) in [6.07, 6.45) is 0. The molecule has 1 heterocycles. The number of benzene rings is 2. The van der Waals surface area contributed by atoms with Gasteiger partial charge in [0.05, 0.1) is 18.9 Å². The summed E-state index contributed by atoms with van der Waals surface area (Å²) >= 11 is 1.28. The van der Waals surface area contributed by atoms with Gasteiger partial charge in [-0.1, -0.05) is 43.8 Å². The molecule has 3 aromatic rings. The Bertz CT molecular complexity index is 1030. The number of ketones is 1. The van der Waals surface area contributed by atoms with Crippen LogP contribution in [0.25, 0.3) is 17.1 Å².